The van der Waals surface area contributed by atoms with Gasteiger partial charge in [0.15, 0.2) is 5.82 Å². The standard InChI is InChI=1S/C14H22N4O3S/c1-2-3-9-17-10-7-16-14(17)18-11-8-15-13(18)6-4-5-12-22(19,20)21/h7-8,10-11H,2-6,9,12H2,1H3,(H,19,20,21)/p+1. The van der Waals surface area contributed by atoms with Crippen LogP contribution in [0.25, 0.3) is 5.95 Å². The number of H-pyrrole nitrogens is 1. The van der Waals surface area contributed by atoms with Crippen molar-refractivity contribution in [1.82, 2.24) is 14.5 Å². The molecule has 2 rings (SSSR count). The van der Waals surface area contributed by atoms with Gasteiger partial charge in [0.05, 0.1) is 30.9 Å². The minimum atomic E-state index is -3.87. The van der Waals surface area contributed by atoms with Crippen LogP contribution in [0.3, 0.4) is 0 Å². The molecule has 0 aliphatic heterocycles. The van der Waals surface area contributed by atoms with Gasteiger partial charge in [0.2, 0.25) is 0 Å². The summed E-state index contributed by atoms with van der Waals surface area (Å²) in [5, 5.41) is 0. The fraction of sp³-hybridized carbons (Fsp3) is 0.571. The third-order valence-electron chi connectivity index (χ3n) is 3.49. The van der Waals surface area contributed by atoms with E-state index in [2.05, 4.69) is 21.5 Å². The van der Waals surface area contributed by atoms with Crippen LogP contribution in [0.5, 0.6) is 0 Å². The number of hydrogen-bond acceptors (Lipinski definition) is 3. The van der Waals surface area contributed by atoms with Crippen molar-refractivity contribution in [2.45, 2.75) is 45.6 Å². The maximum atomic E-state index is 10.7. The normalized spacial score (nSPS) is 11.9. The van der Waals surface area contributed by atoms with Gasteiger partial charge in [-0.3, -0.25) is 14.1 Å². The molecule has 8 heteroatoms. The van der Waals surface area contributed by atoms with E-state index in [0.717, 1.165) is 31.2 Å². The van der Waals surface area contributed by atoms with Crippen LogP contribution in [0.15, 0.2) is 24.8 Å². The molecule has 0 aromatic carbocycles. The molecule has 22 heavy (non-hydrogen) atoms. The minimum Gasteiger partial charge on any atom is -0.297 e. The summed E-state index contributed by atoms with van der Waals surface area (Å²) in [5.41, 5.74) is 0. The van der Waals surface area contributed by atoms with E-state index in [4.69, 9.17) is 4.55 Å². The molecule has 0 atom stereocenters. The molecule has 0 amide bonds. The largest absolute Gasteiger partial charge is 0.358 e. The molecule has 0 fully saturated rings. The monoisotopic (exact) mass is 327 g/mol. The fourth-order valence-electron chi connectivity index (χ4n) is 2.35. The summed E-state index contributed by atoms with van der Waals surface area (Å²) in [6.45, 7) is 3.08. The Morgan fingerprint density at radius 2 is 2.18 bits per heavy atom. The zero-order valence-electron chi connectivity index (χ0n) is 12.8. The molecule has 0 saturated carbocycles. The van der Waals surface area contributed by atoms with E-state index in [1.807, 2.05) is 23.2 Å². The lowest BCUT2D eigenvalue weighted by molar-refractivity contribution is -0.612. The summed E-state index contributed by atoms with van der Waals surface area (Å²) >= 11 is 0. The maximum Gasteiger partial charge on any atom is 0.358 e. The lowest BCUT2D eigenvalue weighted by Crippen LogP contribution is -2.37. The number of nitrogens with one attached hydrogen (secondary N) is 1. The lowest BCUT2D eigenvalue weighted by atomic mass is 10.2. The topological polar surface area (TPSA) is 91.9 Å². The van der Waals surface area contributed by atoms with Gasteiger partial charge in [-0.05, 0) is 19.3 Å². The van der Waals surface area contributed by atoms with Crippen molar-refractivity contribution in [2.24, 2.45) is 0 Å². The van der Waals surface area contributed by atoms with Crippen molar-refractivity contribution in [3.05, 3.63) is 30.6 Å². The number of aromatic nitrogens is 4. The summed E-state index contributed by atoms with van der Waals surface area (Å²) in [6, 6.07) is 0. The van der Waals surface area contributed by atoms with Crippen LogP contribution < -0.4 is 4.57 Å². The molecule has 122 valence electrons. The minimum absolute atomic E-state index is 0.196. The average Bonchev–Trinajstić information content (AvgIpc) is 3.08. The zero-order chi connectivity index (χ0) is 16.0. The third kappa shape index (κ3) is 4.67. The second-order valence-electron chi connectivity index (χ2n) is 5.29. The summed E-state index contributed by atoms with van der Waals surface area (Å²) in [6.07, 6.45) is 11.5. The van der Waals surface area contributed by atoms with Gasteiger partial charge >= 0.3 is 5.95 Å². The number of imidazole rings is 2. The molecule has 2 aromatic heterocycles. The lowest BCUT2D eigenvalue weighted by Gasteiger charge is -2.04. The van der Waals surface area contributed by atoms with E-state index in [1.165, 1.54) is 0 Å². The van der Waals surface area contributed by atoms with Crippen molar-refractivity contribution in [2.75, 3.05) is 5.75 Å². The molecular formula is C14H23N4O3S+. The van der Waals surface area contributed by atoms with Crippen LogP contribution in [0.4, 0.5) is 0 Å². The Balaban J connectivity index is 2.02. The molecule has 0 unspecified atom stereocenters. The zero-order valence-corrected chi connectivity index (χ0v) is 13.6. The molecule has 0 saturated heterocycles. The highest BCUT2D eigenvalue weighted by Gasteiger charge is 2.17. The van der Waals surface area contributed by atoms with Gasteiger partial charge in [-0.15, -0.1) is 4.98 Å². The molecule has 0 aliphatic rings. The van der Waals surface area contributed by atoms with Gasteiger partial charge in [-0.25, -0.2) is 0 Å². The first-order valence-corrected chi connectivity index (χ1v) is 9.17. The van der Waals surface area contributed by atoms with Gasteiger partial charge in [-0.1, -0.05) is 13.3 Å². The predicted octanol–water partition coefficient (Wildman–Crippen LogP) is 1.50. The molecule has 0 bridgehead atoms. The first-order chi connectivity index (χ1) is 10.5. The van der Waals surface area contributed by atoms with Crippen LogP contribution in [0.2, 0.25) is 0 Å². The van der Waals surface area contributed by atoms with Crippen LogP contribution in [0, 0.1) is 0 Å². The number of rotatable bonds is 9. The summed E-state index contributed by atoms with van der Waals surface area (Å²) in [7, 11) is -3.87. The Labute approximate surface area is 130 Å². The average molecular weight is 327 g/mol. The third-order valence-corrected chi connectivity index (χ3v) is 4.30. The first-order valence-electron chi connectivity index (χ1n) is 7.56. The Hall–Kier alpha value is -1.67. The van der Waals surface area contributed by atoms with Crippen LogP contribution in [0.1, 0.15) is 38.4 Å². The van der Waals surface area contributed by atoms with E-state index in [-0.39, 0.29) is 5.75 Å². The fourth-order valence-corrected chi connectivity index (χ4v) is 2.92. The van der Waals surface area contributed by atoms with Gasteiger partial charge in [-0.2, -0.15) is 13.0 Å². The van der Waals surface area contributed by atoms with Crippen molar-refractivity contribution >= 4 is 10.1 Å². The number of aromatic amines is 1. The molecule has 2 aromatic rings. The summed E-state index contributed by atoms with van der Waals surface area (Å²) < 4.78 is 34.3. The molecule has 0 spiro atoms. The van der Waals surface area contributed by atoms with Gasteiger partial charge < -0.3 is 0 Å². The predicted molar refractivity (Wildman–Crippen MR) is 82.4 cm³/mol. The molecule has 0 radical (unpaired) electrons. The van der Waals surface area contributed by atoms with Gasteiger partial charge in [0.25, 0.3) is 10.1 Å². The van der Waals surface area contributed by atoms with Crippen molar-refractivity contribution in [3.63, 3.8) is 0 Å². The van der Waals surface area contributed by atoms with E-state index in [9.17, 15) is 8.42 Å². The van der Waals surface area contributed by atoms with Crippen molar-refractivity contribution < 1.29 is 17.5 Å². The van der Waals surface area contributed by atoms with Crippen LogP contribution in [-0.4, -0.2) is 33.3 Å². The van der Waals surface area contributed by atoms with E-state index < -0.39 is 10.1 Å². The SMILES string of the molecule is CCCCn1ccnc1-[n+]1cc[nH]c1CCCCS(=O)(=O)O. The maximum absolute atomic E-state index is 10.7. The molecule has 2 heterocycles. The first kappa shape index (κ1) is 16.7. The van der Waals surface area contributed by atoms with Crippen LogP contribution in [-0.2, 0) is 23.1 Å². The number of unbranched alkanes of at least 4 members (excludes halogenated alkanes) is 2. The van der Waals surface area contributed by atoms with Crippen molar-refractivity contribution in [3.8, 4) is 5.95 Å². The number of aryl methyl sites for hydroxylation is 2. The highest BCUT2D eigenvalue weighted by Crippen LogP contribution is 2.05. The second-order valence-corrected chi connectivity index (χ2v) is 6.87. The van der Waals surface area contributed by atoms with Crippen molar-refractivity contribution in [1.29, 1.82) is 0 Å². The smallest absolute Gasteiger partial charge is 0.297 e. The Bertz CT molecular complexity index is 691. The Kier molecular flexibility index (Phi) is 5.73. The van der Waals surface area contributed by atoms with E-state index >= 15 is 0 Å². The van der Waals surface area contributed by atoms with E-state index in [1.54, 1.807) is 6.20 Å². The molecule has 2 N–H and O–H groups in total. The summed E-state index contributed by atoms with van der Waals surface area (Å²) in [5.74, 6) is 1.64. The number of hydrogen-bond donors (Lipinski definition) is 2. The highest BCUT2D eigenvalue weighted by molar-refractivity contribution is 7.85. The number of nitrogens with zero attached hydrogens (tertiary/aromatic N) is 3. The molecule has 7 nitrogen and oxygen atoms in total. The van der Waals surface area contributed by atoms with Gasteiger partial charge in [0, 0.05) is 6.42 Å². The Morgan fingerprint density at radius 3 is 2.91 bits per heavy atom. The molecular weight excluding hydrogens is 304 g/mol. The Morgan fingerprint density at radius 1 is 1.36 bits per heavy atom. The summed E-state index contributed by atoms with van der Waals surface area (Å²) in [4.78, 5) is 7.58. The van der Waals surface area contributed by atoms with Gasteiger partial charge in [0.1, 0.15) is 6.20 Å². The second kappa shape index (κ2) is 7.55. The van der Waals surface area contributed by atoms with E-state index in [0.29, 0.717) is 19.3 Å². The highest BCUT2D eigenvalue weighted by atomic mass is 32.2. The van der Waals surface area contributed by atoms with Crippen LogP contribution >= 0.6 is 0 Å². The quantitative estimate of drug-likeness (QED) is 0.415. The molecule has 0 aliphatic carbocycles.